The van der Waals surface area contributed by atoms with Gasteiger partial charge >= 0.3 is 12.1 Å². The Hall–Kier alpha value is -2.29. The van der Waals surface area contributed by atoms with Gasteiger partial charge in [0.2, 0.25) is 0 Å². The number of nitrogens with two attached hydrogens (primary N) is 1. The molecule has 4 bridgehead atoms. The molecule has 2 fully saturated rings. The van der Waals surface area contributed by atoms with E-state index in [1.54, 1.807) is 18.3 Å². The monoisotopic (exact) mass is 631 g/mol. The number of carbonyl (C=O) groups is 2. The van der Waals surface area contributed by atoms with Gasteiger partial charge in [0, 0.05) is 36.7 Å². The zero-order valence-corrected chi connectivity index (χ0v) is 25.5. The SMILES string of the molecule is CO[C@H]1C[C@H]2C=C[C@H]3[C@H]4O[C@]2(/C(C)=C/[C@@H](C)[C@@H]([C@@H](C)O)OC1=O)[C@@H]3[C@H](O)C(C)[C@@H]4[NH2+]Cc1cccs1.O=C([O-])C(F)(F)F. The highest BCUT2D eigenvalue weighted by atomic mass is 32.1. The van der Waals surface area contributed by atoms with Crippen LogP contribution in [0.5, 0.6) is 0 Å². The fourth-order valence-electron chi connectivity index (χ4n) is 7.44. The first kappa shape index (κ1) is 33.6. The van der Waals surface area contributed by atoms with Crippen LogP contribution in [0.2, 0.25) is 0 Å². The lowest BCUT2D eigenvalue weighted by atomic mass is 9.57. The molecular weight excluding hydrogens is 591 g/mol. The van der Waals surface area contributed by atoms with Crippen molar-refractivity contribution in [3.63, 3.8) is 0 Å². The molecule has 13 heteroatoms. The quantitative estimate of drug-likeness (QED) is 0.327. The van der Waals surface area contributed by atoms with E-state index < -0.39 is 48.1 Å². The first-order valence-corrected chi connectivity index (χ1v) is 15.3. The number of hydrogen-bond acceptors (Lipinski definition) is 9. The molecule has 1 spiro atoms. The van der Waals surface area contributed by atoms with E-state index in [1.165, 1.54) is 12.0 Å². The lowest BCUT2D eigenvalue weighted by Crippen LogP contribution is -2.94. The van der Waals surface area contributed by atoms with E-state index in [9.17, 15) is 28.2 Å². The summed E-state index contributed by atoms with van der Waals surface area (Å²) in [5.41, 5.74) is 0.292. The molecule has 1 aromatic heterocycles. The minimum Gasteiger partial charge on any atom is -0.542 e. The summed E-state index contributed by atoms with van der Waals surface area (Å²) in [4.78, 5) is 23.2. The third-order valence-electron chi connectivity index (χ3n) is 9.42. The molecule has 1 saturated heterocycles. The lowest BCUT2D eigenvalue weighted by Gasteiger charge is -2.48. The Kier molecular flexibility index (Phi) is 10.1. The number of aliphatic hydroxyl groups is 2. The molecule has 0 amide bonds. The number of esters is 1. The summed E-state index contributed by atoms with van der Waals surface area (Å²) in [6.07, 6.45) is -1.23. The highest BCUT2D eigenvalue weighted by molar-refractivity contribution is 7.09. The van der Waals surface area contributed by atoms with Crippen molar-refractivity contribution in [3.05, 3.63) is 46.2 Å². The largest absolute Gasteiger partial charge is 0.542 e. The summed E-state index contributed by atoms with van der Waals surface area (Å²) in [6, 6.07) is 4.33. The second-order valence-electron chi connectivity index (χ2n) is 12.0. The van der Waals surface area contributed by atoms with Crippen LogP contribution >= 0.6 is 11.3 Å². The van der Waals surface area contributed by atoms with E-state index in [0.29, 0.717) is 6.42 Å². The Bertz CT molecular complexity index is 1200. The van der Waals surface area contributed by atoms with E-state index in [-0.39, 0.29) is 41.7 Å². The van der Waals surface area contributed by atoms with Crippen molar-refractivity contribution in [2.75, 3.05) is 7.11 Å². The summed E-state index contributed by atoms with van der Waals surface area (Å²) in [7, 11) is 1.52. The maximum atomic E-state index is 13.1. The van der Waals surface area contributed by atoms with Crippen molar-refractivity contribution < 1.29 is 57.6 Å². The van der Waals surface area contributed by atoms with E-state index in [0.717, 1.165) is 12.1 Å². The van der Waals surface area contributed by atoms with Gasteiger partial charge in [0.25, 0.3) is 0 Å². The molecule has 12 atom stereocenters. The van der Waals surface area contributed by atoms with Gasteiger partial charge in [-0.05, 0) is 37.3 Å². The predicted octanol–water partition coefficient (Wildman–Crippen LogP) is 1.34. The van der Waals surface area contributed by atoms with Crippen molar-refractivity contribution in [2.24, 2.45) is 29.6 Å². The Labute approximate surface area is 252 Å². The Balaban J connectivity index is 0.000000541. The van der Waals surface area contributed by atoms with Crippen LogP contribution in [-0.2, 0) is 30.3 Å². The van der Waals surface area contributed by atoms with Crippen LogP contribution in [0.25, 0.3) is 0 Å². The molecule has 240 valence electrons. The number of methoxy groups -OCH3 is 1. The van der Waals surface area contributed by atoms with Crippen molar-refractivity contribution in [2.45, 2.75) is 89.0 Å². The lowest BCUT2D eigenvalue weighted by molar-refractivity contribution is -0.720. The third kappa shape index (κ3) is 6.43. The number of halogens is 3. The van der Waals surface area contributed by atoms with Crippen molar-refractivity contribution >= 4 is 23.3 Å². The average Bonchev–Trinajstić information content (AvgIpc) is 3.51. The van der Waals surface area contributed by atoms with Gasteiger partial charge in [-0.15, -0.1) is 11.3 Å². The number of rotatable bonds is 5. The van der Waals surface area contributed by atoms with Crippen LogP contribution in [0.15, 0.2) is 41.3 Å². The molecular formula is C30H40F3NO8S. The zero-order valence-electron chi connectivity index (χ0n) is 24.7. The Morgan fingerprint density at radius 2 is 2.00 bits per heavy atom. The minimum atomic E-state index is -5.19. The molecule has 2 aliphatic heterocycles. The van der Waals surface area contributed by atoms with Crippen LogP contribution in [0.1, 0.15) is 39.0 Å². The van der Waals surface area contributed by atoms with Crippen LogP contribution in [0.3, 0.4) is 0 Å². The summed E-state index contributed by atoms with van der Waals surface area (Å²) >= 11 is 1.75. The molecule has 3 heterocycles. The van der Waals surface area contributed by atoms with Gasteiger partial charge < -0.3 is 39.6 Å². The average molecular weight is 632 g/mol. The number of ether oxygens (including phenoxy) is 3. The van der Waals surface area contributed by atoms with Crippen LogP contribution in [0, 0.1) is 29.6 Å². The molecule has 1 aromatic rings. The number of cyclic esters (lactones) is 1. The highest BCUT2D eigenvalue weighted by Gasteiger charge is 2.69. The molecule has 0 radical (unpaired) electrons. The second kappa shape index (κ2) is 13.0. The normalized spacial score (nSPS) is 40.7. The first-order chi connectivity index (χ1) is 20.1. The first-order valence-electron chi connectivity index (χ1n) is 14.4. The van der Waals surface area contributed by atoms with Gasteiger partial charge in [0.05, 0.1) is 17.1 Å². The second-order valence-corrected chi connectivity index (χ2v) is 13.0. The molecule has 9 nitrogen and oxygen atoms in total. The van der Waals surface area contributed by atoms with Gasteiger partial charge in [-0.3, -0.25) is 0 Å². The standard InChI is InChI=1S/C28H39NO6S.C2HF3O2/c1-14-11-15(2)28-18(12-21(33-5)27(32)34-25(14)17(4)30)8-9-20-22(28)24(31)16(3)23(26(20)35-28)29-13-19-7-6-10-36-19;3-2(4,5)1(6)7/h6-11,14,16-18,20-26,29-31H,12-13H2,1-5H3;(H,6,7)/b15-11+;/t14-,16?,17-,18-,20-,21+,22+,23+,24-,25+,26-,28+;/m1./s1. The highest BCUT2D eigenvalue weighted by Crippen LogP contribution is 2.60. The molecule has 1 saturated carbocycles. The number of carboxylic acids is 1. The van der Waals surface area contributed by atoms with Gasteiger partial charge in [-0.2, -0.15) is 13.2 Å². The van der Waals surface area contributed by atoms with E-state index in [4.69, 9.17) is 24.1 Å². The van der Waals surface area contributed by atoms with Crippen LogP contribution < -0.4 is 10.4 Å². The van der Waals surface area contributed by atoms with E-state index >= 15 is 0 Å². The van der Waals surface area contributed by atoms with Gasteiger partial charge in [0.15, 0.2) is 6.10 Å². The summed E-state index contributed by atoms with van der Waals surface area (Å²) < 4.78 is 50.1. The summed E-state index contributed by atoms with van der Waals surface area (Å²) in [6.45, 7) is 8.67. The number of hydrogen-bond donors (Lipinski definition) is 3. The molecule has 4 aliphatic rings. The molecule has 2 aliphatic carbocycles. The van der Waals surface area contributed by atoms with Gasteiger partial charge in [0.1, 0.15) is 36.4 Å². The molecule has 0 aromatic carbocycles. The molecule has 1 unspecified atom stereocenters. The number of alkyl halides is 3. The molecule has 43 heavy (non-hydrogen) atoms. The minimum absolute atomic E-state index is 0.0447. The Morgan fingerprint density at radius 3 is 2.56 bits per heavy atom. The zero-order chi connectivity index (χ0) is 31.9. The van der Waals surface area contributed by atoms with Gasteiger partial charge in [-0.1, -0.05) is 38.1 Å². The van der Waals surface area contributed by atoms with Crippen molar-refractivity contribution in [1.82, 2.24) is 0 Å². The van der Waals surface area contributed by atoms with Crippen LogP contribution in [-0.4, -0.2) is 77.6 Å². The number of aliphatic hydroxyl groups excluding tert-OH is 2. The van der Waals surface area contributed by atoms with Gasteiger partial charge in [-0.25, -0.2) is 4.79 Å². The predicted molar refractivity (Wildman–Crippen MR) is 147 cm³/mol. The van der Waals surface area contributed by atoms with E-state index in [2.05, 4.69) is 54.9 Å². The Morgan fingerprint density at radius 1 is 1.33 bits per heavy atom. The number of quaternary nitrogens is 1. The number of aliphatic carboxylic acids is 1. The number of thiophene rings is 1. The van der Waals surface area contributed by atoms with Crippen molar-refractivity contribution in [3.8, 4) is 0 Å². The van der Waals surface area contributed by atoms with Crippen LogP contribution in [0.4, 0.5) is 13.2 Å². The fraction of sp³-hybridized carbons (Fsp3) is 0.667. The summed E-state index contributed by atoms with van der Waals surface area (Å²) in [5.74, 6) is -3.82. The maximum absolute atomic E-state index is 13.1. The van der Waals surface area contributed by atoms with E-state index in [1.807, 2.05) is 6.92 Å². The smallest absolute Gasteiger partial charge is 0.430 e. The third-order valence-corrected chi connectivity index (χ3v) is 10.3. The summed E-state index contributed by atoms with van der Waals surface area (Å²) in [5, 5.41) is 35.4. The maximum Gasteiger partial charge on any atom is 0.430 e. The van der Waals surface area contributed by atoms with Crippen molar-refractivity contribution in [1.29, 1.82) is 0 Å². The topological polar surface area (TPSA) is 142 Å². The number of carbonyl (C=O) groups excluding carboxylic acids is 2. The molecule has 5 rings (SSSR count). The number of carboxylic acid groups (broad SMARTS) is 1. The fourth-order valence-corrected chi connectivity index (χ4v) is 8.12. The molecule has 4 N–H and O–H groups in total.